The van der Waals surface area contributed by atoms with E-state index in [1.54, 1.807) is 36.4 Å². The molecule has 0 aliphatic rings. The maximum absolute atomic E-state index is 12.1. The quantitative estimate of drug-likeness (QED) is 0.615. The highest BCUT2D eigenvalue weighted by Gasteiger charge is 2.05. The van der Waals surface area contributed by atoms with Crippen molar-refractivity contribution < 1.29 is 18.3 Å². The molecule has 4 nitrogen and oxygen atoms in total. The van der Waals surface area contributed by atoms with E-state index in [0.29, 0.717) is 18.4 Å². The van der Waals surface area contributed by atoms with Gasteiger partial charge >= 0.3 is 6.61 Å². The molecule has 0 aromatic heterocycles. The third-order valence-corrected chi connectivity index (χ3v) is 3.31. The van der Waals surface area contributed by atoms with Crippen LogP contribution in [-0.2, 0) is 6.42 Å². The lowest BCUT2D eigenvalue weighted by Crippen LogP contribution is -2.19. The van der Waals surface area contributed by atoms with E-state index in [9.17, 15) is 13.6 Å². The van der Waals surface area contributed by atoms with Crippen molar-refractivity contribution in [2.24, 2.45) is 5.10 Å². The number of halogens is 2. The van der Waals surface area contributed by atoms with Crippen LogP contribution in [-0.4, -0.2) is 18.2 Å². The zero-order chi connectivity index (χ0) is 17.4. The van der Waals surface area contributed by atoms with Crippen LogP contribution >= 0.6 is 0 Å². The largest absolute Gasteiger partial charge is 0.435 e. The van der Waals surface area contributed by atoms with Gasteiger partial charge in [-0.3, -0.25) is 4.79 Å². The molecule has 0 radical (unpaired) electrons. The van der Waals surface area contributed by atoms with Gasteiger partial charge in [0.25, 0.3) is 5.91 Å². The SMILES string of the molecule is C/C(CCc1ccc(OC(F)F)cc1)=N/NC(=O)c1ccccc1. The lowest BCUT2D eigenvalue weighted by molar-refractivity contribution is -0.0498. The molecule has 0 aliphatic carbocycles. The monoisotopic (exact) mass is 332 g/mol. The van der Waals surface area contributed by atoms with E-state index in [0.717, 1.165) is 11.3 Å². The van der Waals surface area contributed by atoms with E-state index in [1.807, 2.05) is 13.0 Å². The molecule has 6 heteroatoms. The number of alkyl halides is 2. The zero-order valence-electron chi connectivity index (χ0n) is 13.2. The average molecular weight is 332 g/mol. The molecule has 1 N–H and O–H groups in total. The molecule has 0 unspecified atom stereocenters. The van der Waals surface area contributed by atoms with E-state index in [1.165, 1.54) is 12.1 Å². The number of benzene rings is 2. The minimum Gasteiger partial charge on any atom is -0.435 e. The van der Waals surface area contributed by atoms with Crippen molar-refractivity contribution >= 4 is 11.6 Å². The second-order valence-corrected chi connectivity index (χ2v) is 5.18. The third kappa shape index (κ3) is 5.79. The van der Waals surface area contributed by atoms with Gasteiger partial charge in [-0.15, -0.1) is 0 Å². The van der Waals surface area contributed by atoms with Gasteiger partial charge in [0.15, 0.2) is 0 Å². The second-order valence-electron chi connectivity index (χ2n) is 5.18. The Morgan fingerprint density at radius 1 is 1.12 bits per heavy atom. The predicted octanol–water partition coefficient (Wildman–Crippen LogP) is 4.03. The molecule has 0 saturated heterocycles. The van der Waals surface area contributed by atoms with E-state index in [-0.39, 0.29) is 11.7 Å². The van der Waals surface area contributed by atoms with Gasteiger partial charge in [0.2, 0.25) is 0 Å². The summed E-state index contributed by atoms with van der Waals surface area (Å²) in [5.41, 5.74) is 4.80. The molecule has 2 aromatic rings. The summed E-state index contributed by atoms with van der Waals surface area (Å²) in [4.78, 5) is 11.9. The highest BCUT2D eigenvalue weighted by molar-refractivity contribution is 5.95. The summed E-state index contributed by atoms with van der Waals surface area (Å²) in [6, 6.07) is 15.3. The molecule has 126 valence electrons. The Labute approximate surface area is 139 Å². The number of carbonyl (C=O) groups excluding carboxylic acids is 1. The summed E-state index contributed by atoms with van der Waals surface area (Å²) >= 11 is 0. The number of nitrogens with zero attached hydrogens (tertiary/aromatic N) is 1. The molecule has 0 aliphatic heterocycles. The molecule has 0 heterocycles. The highest BCUT2D eigenvalue weighted by Crippen LogP contribution is 2.15. The first-order valence-corrected chi connectivity index (χ1v) is 7.47. The van der Waals surface area contributed by atoms with Gasteiger partial charge in [-0.2, -0.15) is 13.9 Å². The van der Waals surface area contributed by atoms with Crippen molar-refractivity contribution in [1.82, 2.24) is 5.43 Å². The first-order chi connectivity index (χ1) is 11.5. The van der Waals surface area contributed by atoms with E-state index in [4.69, 9.17) is 0 Å². The Balaban J connectivity index is 1.81. The predicted molar refractivity (Wildman–Crippen MR) is 88.4 cm³/mol. The van der Waals surface area contributed by atoms with Gasteiger partial charge in [0.1, 0.15) is 5.75 Å². The van der Waals surface area contributed by atoms with Crippen LogP contribution in [0, 0.1) is 0 Å². The van der Waals surface area contributed by atoms with Crippen LogP contribution < -0.4 is 10.2 Å². The van der Waals surface area contributed by atoms with Crippen molar-refractivity contribution in [1.29, 1.82) is 0 Å². The topological polar surface area (TPSA) is 50.7 Å². The van der Waals surface area contributed by atoms with Crippen molar-refractivity contribution in [3.63, 3.8) is 0 Å². The third-order valence-electron chi connectivity index (χ3n) is 3.31. The molecule has 2 rings (SSSR count). The molecule has 1 amide bonds. The fourth-order valence-electron chi connectivity index (χ4n) is 2.02. The van der Waals surface area contributed by atoms with Gasteiger partial charge < -0.3 is 4.74 Å². The first kappa shape index (κ1) is 17.6. The maximum Gasteiger partial charge on any atom is 0.387 e. The van der Waals surface area contributed by atoms with Gasteiger partial charge in [0.05, 0.1) is 0 Å². The van der Waals surface area contributed by atoms with Crippen LogP contribution in [0.4, 0.5) is 8.78 Å². The number of nitrogens with one attached hydrogen (secondary N) is 1. The molecule has 0 fully saturated rings. The Kier molecular flexibility index (Phi) is 6.42. The molecule has 0 bridgehead atoms. The number of ether oxygens (including phenoxy) is 1. The molecular formula is C18H18F2N2O2. The van der Waals surface area contributed by atoms with Crippen molar-refractivity contribution in [2.75, 3.05) is 0 Å². The summed E-state index contributed by atoms with van der Waals surface area (Å²) in [6.07, 6.45) is 1.33. The summed E-state index contributed by atoms with van der Waals surface area (Å²) in [7, 11) is 0. The summed E-state index contributed by atoms with van der Waals surface area (Å²) in [5.74, 6) is -0.127. The van der Waals surface area contributed by atoms with Crippen LogP contribution in [0.2, 0.25) is 0 Å². The number of hydrogen-bond donors (Lipinski definition) is 1. The molecule has 2 aromatic carbocycles. The number of amides is 1. The maximum atomic E-state index is 12.1. The molecule has 0 saturated carbocycles. The number of hydrogen-bond acceptors (Lipinski definition) is 3. The summed E-state index contributed by atoms with van der Waals surface area (Å²) in [5, 5.41) is 4.07. The van der Waals surface area contributed by atoms with Crippen molar-refractivity contribution in [3.05, 3.63) is 65.7 Å². The van der Waals surface area contributed by atoms with E-state index < -0.39 is 6.61 Å². The zero-order valence-corrected chi connectivity index (χ0v) is 13.2. The fraction of sp³-hybridized carbons (Fsp3) is 0.222. The van der Waals surface area contributed by atoms with E-state index in [2.05, 4.69) is 15.3 Å². The van der Waals surface area contributed by atoms with Crippen LogP contribution in [0.3, 0.4) is 0 Å². The van der Waals surface area contributed by atoms with Crippen LogP contribution in [0.5, 0.6) is 5.75 Å². The number of hydrazone groups is 1. The van der Waals surface area contributed by atoms with Crippen LogP contribution in [0.1, 0.15) is 29.3 Å². The van der Waals surface area contributed by atoms with Crippen molar-refractivity contribution in [3.8, 4) is 5.75 Å². The first-order valence-electron chi connectivity index (χ1n) is 7.47. The lowest BCUT2D eigenvalue weighted by Gasteiger charge is -2.06. The van der Waals surface area contributed by atoms with Gasteiger partial charge in [0, 0.05) is 11.3 Å². The Morgan fingerprint density at radius 2 is 1.79 bits per heavy atom. The van der Waals surface area contributed by atoms with E-state index >= 15 is 0 Å². The number of aryl methyl sites for hydroxylation is 1. The Morgan fingerprint density at radius 3 is 2.42 bits per heavy atom. The van der Waals surface area contributed by atoms with Gasteiger partial charge in [-0.25, -0.2) is 5.43 Å². The minimum atomic E-state index is -2.82. The fourth-order valence-corrected chi connectivity index (χ4v) is 2.02. The second kappa shape index (κ2) is 8.76. The summed E-state index contributed by atoms with van der Waals surface area (Å²) < 4.78 is 28.4. The summed E-state index contributed by atoms with van der Waals surface area (Å²) in [6.45, 7) is -1.00. The Bertz CT molecular complexity index is 686. The smallest absolute Gasteiger partial charge is 0.387 e. The molecule has 24 heavy (non-hydrogen) atoms. The minimum absolute atomic E-state index is 0.134. The highest BCUT2D eigenvalue weighted by atomic mass is 19.3. The number of rotatable bonds is 7. The lowest BCUT2D eigenvalue weighted by atomic mass is 10.1. The number of carbonyl (C=O) groups is 1. The molecule has 0 spiro atoms. The normalized spacial score (nSPS) is 11.4. The van der Waals surface area contributed by atoms with Crippen molar-refractivity contribution in [2.45, 2.75) is 26.4 Å². The average Bonchev–Trinajstić information content (AvgIpc) is 2.59. The molecular weight excluding hydrogens is 314 g/mol. The molecule has 0 atom stereocenters. The van der Waals surface area contributed by atoms with Gasteiger partial charge in [-0.1, -0.05) is 30.3 Å². The standard InChI is InChI=1S/C18H18F2N2O2/c1-13(21-22-17(23)15-5-3-2-4-6-15)7-8-14-9-11-16(12-10-14)24-18(19)20/h2-6,9-12,18H,7-8H2,1H3,(H,22,23)/b21-13-. The Hall–Kier alpha value is -2.76. The van der Waals surface area contributed by atoms with Crippen LogP contribution in [0.15, 0.2) is 59.7 Å². The van der Waals surface area contributed by atoms with Gasteiger partial charge in [-0.05, 0) is 49.6 Å². The van der Waals surface area contributed by atoms with Crippen LogP contribution in [0.25, 0.3) is 0 Å².